The van der Waals surface area contributed by atoms with Crippen molar-refractivity contribution in [1.29, 1.82) is 0 Å². The van der Waals surface area contributed by atoms with Crippen LogP contribution in [-0.2, 0) is 17.6 Å². The zero-order chi connectivity index (χ0) is 18.7. The van der Waals surface area contributed by atoms with Gasteiger partial charge in [0.1, 0.15) is 5.00 Å². The van der Waals surface area contributed by atoms with Gasteiger partial charge in [-0.2, -0.15) is 0 Å². The molecule has 0 spiro atoms. The standard InChI is InChI=1S/C18H17BrN2O3S2/c1-2-24-17(23)14-12-7-4-8-13(12)26-16(14)21-18(25)20-15(22)10-5-3-6-11(19)9-10/h3,5-6,9H,2,4,7-8H2,1H3,(H2,20,21,22,25). The first kappa shape index (κ1) is 19.0. The van der Waals surface area contributed by atoms with E-state index in [0.717, 1.165) is 29.3 Å². The number of halogens is 1. The number of nitrogens with one attached hydrogen (secondary N) is 2. The second kappa shape index (κ2) is 8.28. The van der Waals surface area contributed by atoms with Gasteiger partial charge in [-0.15, -0.1) is 11.3 Å². The van der Waals surface area contributed by atoms with Crippen LogP contribution < -0.4 is 10.6 Å². The van der Waals surface area contributed by atoms with Crippen molar-refractivity contribution in [2.24, 2.45) is 0 Å². The summed E-state index contributed by atoms with van der Waals surface area (Å²) < 4.78 is 6.00. The Bertz CT molecular complexity index is 879. The van der Waals surface area contributed by atoms with Crippen LogP contribution in [0.3, 0.4) is 0 Å². The zero-order valence-electron chi connectivity index (χ0n) is 14.1. The third-order valence-corrected chi connectivity index (χ3v) is 5.85. The van der Waals surface area contributed by atoms with Gasteiger partial charge in [0.15, 0.2) is 5.11 Å². The number of benzene rings is 1. The second-order valence-corrected chi connectivity index (χ2v) is 8.13. The lowest BCUT2D eigenvalue weighted by Gasteiger charge is -2.11. The normalized spacial score (nSPS) is 12.4. The molecule has 1 amide bonds. The Labute approximate surface area is 169 Å². The predicted octanol–water partition coefficient (Wildman–Crippen LogP) is 4.30. The van der Waals surface area contributed by atoms with Crippen molar-refractivity contribution in [3.63, 3.8) is 0 Å². The van der Waals surface area contributed by atoms with Crippen molar-refractivity contribution in [2.75, 3.05) is 11.9 Å². The molecule has 0 saturated heterocycles. The quantitative estimate of drug-likeness (QED) is 0.534. The van der Waals surface area contributed by atoms with Crippen LogP contribution in [0.1, 0.15) is 44.5 Å². The minimum Gasteiger partial charge on any atom is -0.462 e. The molecule has 2 N–H and O–H groups in total. The molecule has 5 nitrogen and oxygen atoms in total. The average Bonchev–Trinajstić information content (AvgIpc) is 3.15. The molecule has 0 unspecified atom stereocenters. The van der Waals surface area contributed by atoms with Crippen LogP contribution in [0, 0.1) is 0 Å². The van der Waals surface area contributed by atoms with Gasteiger partial charge < -0.3 is 10.1 Å². The zero-order valence-corrected chi connectivity index (χ0v) is 17.3. The van der Waals surface area contributed by atoms with Crippen LogP contribution in [0.15, 0.2) is 28.7 Å². The van der Waals surface area contributed by atoms with Crippen LogP contribution in [0.5, 0.6) is 0 Å². The molecule has 8 heteroatoms. The molecule has 2 aromatic rings. The molecule has 0 atom stereocenters. The average molecular weight is 453 g/mol. The summed E-state index contributed by atoms with van der Waals surface area (Å²) in [5.41, 5.74) is 2.07. The van der Waals surface area contributed by atoms with Gasteiger partial charge in [0.2, 0.25) is 0 Å². The van der Waals surface area contributed by atoms with E-state index < -0.39 is 0 Å². The van der Waals surface area contributed by atoms with Crippen LogP contribution >= 0.6 is 39.5 Å². The molecule has 1 aliphatic carbocycles. The minimum atomic E-state index is -0.351. The highest BCUT2D eigenvalue weighted by Crippen LogP contribution is 2.39. The highest BCUT2D eigenvalue weighted by atomic mass is 79.9. The number of carbonyl (C=O) groups is 2. The number of rotatable bonds is 4. The molecule has 0 fully saturated rings. The van der Waals surface area contributed by atoms with Gasteiger partial charge in [0, 0.05) is 14.9 Å². The topological polar surface area (TPSA) is 67.4 Å². The van der Waals surface area contributed by atoms with Crippen molar-refractivity contribution < 1.29 is 14.3 Å². The highest BCUT2D eigenvalue weighted by molar-refractivity contribution is 9.10. The lowest BCUT2D eigenvalue weighted by molar-refractivity contribution is 0.0527. The highest BCUT2D eigenvalue weighted by Gasteiger charge is 2.28. The molecular weight excluding hydrogens is 436 g/mol. The van der Waals surface area contributed by atoms with E-state index in [9.17, 15) is 9.59 Å². The third kappa shape index (κ3) is 4.13. The monoisotopic (exact) mass is 452 g/mol. The van der Waals surface area contributed by atoms with Crippen molar-refractivity contribution >= 4 is 61.5 Å². The number of ether oxygens (including phenoxy) is 1. The summed E-state index contributed by atoms with van der Waals surface area (Å²) in [5, 5.41) is 6.44. The number of aryl methyl sites for hydroxylation is 1. The molecule has 0 bridgehead atoms. The van der Waals surface area contributed by atoms with Crippen LogP contribution in [0.25, 0.3) is 0 Å². The molecule has 1 aromatic heterocycles. The van der Waals surface area contributed by atoms with E-state index in [1.54, 1.807) is 25.1 Å². The maximum Gasteiger partial charge on any atom is 0.341 e. The fraction of sp³-hybridized carbons (Fsp3) is 0.278. The molecular formula is C18H17BrN2O3S2. The number of hydrogen-bond donors (Lipinski definition) is 2. The van der Waals surface area contributed by atoms with Crippen molar-refractivity contribution in [3.05, 3.63) is 50.3 Å². The van der Waals surface area contributed by atoms with Gasteiger partial charge in [-0.25, -0.2) is 4.79 Å². The Kier molecular flexibility index (Phi) is 6.05. The number of thiocarbonyl (C=S) groups is 1. The summed E-state index contributed by atoms with van der Waals surface area (Å²) in [7, 11) is 0. The lowest BCUT2D eigenvalue weighted by atomic mass is 10.1. The van der Waals surface area contributed by atoms with E-state index in [-0.39, 0.29) is 17.0 Å². The number of anilines is 1. The Morgan fingerprint density at radius 2 is 2.15 bits per heavy atom. The summed E-state index contributed by atoms with van der Waals surface area (Å²) in [6.45, 7) is 2.09. The van der Waals surface area contributed by atoms with E-state index in [1.807, 2.05) is 6.07 Å². The molecule has 3 rings (SSSR count). The van der Waals surface area contributed by atoms with Crippen molar-refractivity contribution in [2.45, 2.75) is 26.2 Å². The number of amides is 1. The summed E-state index contributed by atoms with van der Waals surface area (Å²) in [5.74, 6) is -0.666. The van der Waals surface area contributed by atoms with Gasteiger partial charge in [-0.05, 0) is 62.2 Å². The minimum absolute atomic E-state index is 0.153. The maximum absolute atomic E-state index is 12.4. The van der Waals surface area contributed by atoms with Crippen molar-refractivity contribution in [3.8, 4) is 0 Å². The van der Waals surface area contributed by atoms with Crippen LogP contribution in [-0.4, -0.2) is 23.6 Å². The molecule has 0 aliphatic heterocycles. The van der Waals surface area contributed by atoms with Gasteiger partial charge in [-0.3, -0.25) is 10.1 Å². The Hall–Kier alpha value is -1.77. The molecule has 0 saturated carbocycles. The number of hydrogen-bond acceptors (Lipinski definition) is 5. The van der Waals surface area contributed by atoms with Crippen LogP contribution in [0.2, 0.25) is 0 Å². The molecule has 1 aromatic carbocycles. The summed E-state index contributed by atoms with van der Waals surface area (Å²) >= 11 is 10.1. The maximum atomic E-state index is 12.4. The summed E-state index contributed by atoms with van der Waals surface area (Å²) in [4.78, 5) is 25.8. The fourth-order valence-corrected chi connectivity index (χ4v) is 4.79. The number of esters is 1. The summed E-state index contributed by atoms with van der Waals surface area (Å²) in [6, 6.07) is 7.03. The Morgan fingerprint density at radius 1 is 1.35 bits per heavy atom. The molecule has 1 heterocycles. The first-order chi connectivity index (χ1) is 12.5. The second-order valence-electron chi connectivity index (χ2n) is 5.70. The Morgan fingerprint density at radius 3 is 2.88 bits per heavy atom. The SMILES string of the molecule is CCOC(=O)c1c(NC(=S)NC(=O)c2cccc(Br)c2)sc2c1CCC2. The third-order valence-electron chi connectivity index (χ3n) is 3.94. The van der Waals surface area contributed by atoms with Gasteiger partial charge in [0.25, 0.3) is 5.91 Å². The van der Waals surface area contributed by atoms with E-state index in [0.29, 0.717) is 22.7 Å². The smallest absolute Gasteiger partial charge is 0.341 e. The Balaban J connectivity index is 1.75. The molecule has 0 radical (unpaired) electrons. The number of fused-ring (bicyclic) bond motifs is 1. The van der Waals surface area contributed by atoms with Gasteiger partial charge in [0.05, 0.1) is 12.2 Å². The predicted molar refractivity (Wildman–Crippen MR) is 110 cm³/mol. The fourth-order valence-electron chi connectivity index (χ4n) is 2.85. The van der Waals surface area contributed by atoms with Gasteiger partial charge in [-0.1, -0.05) is 22.0 Å². The first-order valence-corrected chi connectivity index (χ1v) is 10.2. The largest absolute Gasteiger partial charge is 0.462 e. The van der Waals surface area contributed by atoms with Crippen molar-refractivity contribution in [1.82, 2.24) is 5.32 Å². The van der Waals surface area contributed by atoms with Gasteiger partial charge >= 0.3 is 5.97 Å². The summed E-state index contributed by atoms with van der Waals surface area (Å²) in [6.07, 6.45) is 2.85. The van der Waals surface area contributed by atoms with E-state index in [1.165, 1.54) is 16.2 Å². The lowest BCUT2D eigenvalue weighted by Crippen LogP contribution is -2.34. The molecule has 26 heavy (non-hydrogen) atoms. The molecule has 1 aliphatic rings. The van der Waals surface area contributed by atoms with E-state index in [2.05, 4.69) is 26.6 Å². The molecule has 136 valence electrons. The first-order valence-electron chi connectivity index (χ1n) is 8.19. The van der Waals surface area contributed by atoms with Crippen LogP contribution in [0.4, 0.5) is 5.00 Å². The number of thiophene rings is 1. The number of carbonyl (C=O) groups excluding carboxylic acids is 2. The van der Waals surface area contributed by atoms with E-state index >= 15 is 0 Å². The van der Waals surface area contributed by atoms with E-state index in [4.69, 9.17) is 17.0 Å².